The maximum absolute atomic E-state index is 12.4. The van der Waals surface area contributed by atoms with Crippen LogP contribution in [0.15, 0.2) is 34.9 Å². The lowest BCUT2D eigenvalue weighted by Crippen LogP contribution is -2.33. The Labute approximate surface area is 157 Å². The van der Waals surface area contributed by atoms with Gasteiger partial charge in [-0.1, -0.05) is 0 Å². The van der Waals surface area contributed by atoms with Gasteiger partial charge in [0.25, 0.3) is 0 Å². The van der Waals surface area contributed by atoms with Crippen molar-refractivity contribution in [2.45, 2.75) is 25.8 Å². The zero-order valence-corrected chi connectivity index (χ0v) is 15.3. The van der Waals surface area contributed by atoms with E-state index >= 15 is 0 Å². The topological polar surface area (TPSA) is 93.8 Å². The van der Waals surface area contributed by atoms with Crippen LogP contribution >= 0.6 is 0 Å². The lowest BCUT2D eigenvalue weighted by Gasteiger charge is -2.16. The molecule has 27 heavy (non-hydrogen) atoms. The normalized spacial score (nSPS) is 13.8. The second kappa shape index (κ2) is 8.57. The van der Waals surface area contributed by atoms with Gasteiger partial charge in [0.05, 0.1) is 19.1 Å². The molecule has 0 atom stereocenters. The maximum Gasteiger partial charge on any atom is 0.354 e. The fourth-order valence-corrected chi connectivity index (χ4v) is 3.20. The van der Waals surface area contributed by atoms with Crippen LogP contribution in [-0.4, -0.2) is 54.0 Å². The molecule has 0 aromatic carbocycles. The molecule has 0 unspecified atom stereocenters. The molecular formula is C19H23N3O5. The van der Waals surface area contributed by atoms with E-state index < -0.39 is 5.97 Å². The minimum atomic E-state index is -0.520. The number of furan rings is 1. The second-order valence-corrected chi connectivity index (χ2v) is 6.35. The number of esters is 1. The second-order valence-electron chi connectivity index (χ2n) is 6.35. The van der Waals surface area contributed by atoms with E-state index in [0.717, 1.165) is 13.0 Å². The number of amides is 2. The molecule has 8 heteroatoms. The molecule has 2 aromatic rings. The van der Waals surface area contributed by atoms with Crippen molar-refractivity contribution in [2.24, 2.45) is 0 Å². The van der Waals surface area contributed by atoms with E-state index in [1.807, 2.05) is 4.90 Å². The lowest BCUT2D eigenvalue weighted by atomic mass is 10.3. The molecule has 0 radical (unpaired) electrons. The summed E-state index contributed by atoms with van der Waals surface area (Å²) in [5.74, 6) is -0.00460. The van der Waals surface area contributed by atoms with Gasteiger partial charge in [-0.05, 0) is 37.1 Å². The molecule has 0 aliphatic carbocycles. The summed E-state index contributed by atoms with van der Waals surface area (Å²) in [5, 5.41) is 2.84. The van der Waals surface area contributed by atoms with E-state index in [-0.39, 0.29) is 24.1 Å². The molecule has 0 bridgehead atoms. The van der Waals surface area contributed by atoms with E-state index in [1.165, 1.54) is 13.4 Å². The quantitative estimate of drug-likeness (QED) is 0.561. The molecule has 0 saturated carbocycles. The van der Waals surface area contributed by atoms with Crippen LogP contribution in [0, 0.1) is 0 Å². The van der Waals surface area contributed by atoms with Gasteiger partial charge in [-0.15, -0.1) is 0 Å². The third-order valence-electron chi connectivity index (χ3n) is 4.55. The molecule has 1 aliphatic rings. The molecule has 8 nitrogen and oxygen atoms in total. The smallest absolute Gasteiger partial charge is 0.354 e. The van der Waals surface area contributed by atoms with Gasteiger partial charge in [-0.25, -0.2) is 4.79 Å². The Balaban J connectivity index is 1.60. The average molecular weight is 373 g/mol. The molecule has 1 fully saturated rings. The van der Waals surface area contributed by atoms with Crippen LogP contribution in [-0.2, 0) is 20.9 Å². The Morgan fingerprint density at radius 1 is 1.30 bits per heavy atom. The lowest BCUT2D eigenvalue weighted by molar-refractivity contribution is -0.127. The number of hydrogen-bond donors (Lipinski definition) is 1. The average Bonchev–Trinajstić information content (AvgIpc) is 3.39. The summed E-state index contributed by atoms with van der Waals surface area (Å²) in [6.45, 7) is 1.88. The van der Waals surface area contributed by atoms with Crippen LogP contribution in [0.4, 0.5) is 0 Å². The van der Waals surface area contributed by atoms with Crippen LogP contribution in [0.25, 0.3) is 11.5 Å². The highest BCUT2D eigenvalue weighted by Crippen LogP contribution is 2.23. The molecule has 0 spiro atoms. The van der Waals surface area contributed by atoms with E-state index in [0.29, 0.717) is 37.4 Å². The summed E-state index contributed by atoms with van der Waals surface area (Å²) in [7, 11) is 1.30. The van der Waals surface area contributed by atoms with Gasteiger partial charge >= 0.3 is 5.97 Å². The molecule has 2 amide bonds. The molecule has 144 valence electrons. The van der Waals surface area contributed by atoms with Crippen LogP contribution in [0.3, 0.4) is 0 Å². The fourth-order valence-electron chi connectivity index (χ4n) is 3.20. The van der Waals surface area contributed by atoms with E-state index in [1.54, 1.807) is 28.8 Å². The zero-order valence-electron chi connectivity index (χ0n) is 15.3. The number of likely N-dealkylation sites (tertiary alicyclic amines) is 1. The fraction of sp³-hybridized carbons (Fsp3) is 0.421. The Morgan fingerprint density at radius 2 is 2.15 bits per heavy atom. The number of ether oxygens (including phenoxy) is 1. The van der Waals surface area contributed by atoms with E-state index in [2.05, 4.69) is 5.32 Å². The monoisotopic (exact) mass is 373 g/mol. The molecular weight excluding hydrogens is 350 g/mol. The number of aromatic nitrogens is 1. The van der Waals surface area contributed by atoms with Crippen molar-refractivity contribution in [3.8, 4) is 11.5 Å². The highest BCUT2D eigenvalue weighted by molar-refractivity contribution is 5.90. The van der Waals surface area contributed by atoms with Crippen molar-refractivity contribution in [3.63, 3.8) is 0 Å². The minimum absolute atomic E-state index is 0.0316. The number of carbonyl (C=O) groups is 3. The first kappa shape index (κ1) is 18.8. The first-order chi connectivity index (χ1) is 13.1. The third kappa shape index (κ3) is 4.39. The Morgan fingerprint density at radius 3 is 2.81 bits per heavy atom. The van der Waals surface area contributed by atoms with Crippen LogP contribution in [0.5, 0.6) is 0 Å². The molecule has 1 N–H and O–H groups in total. The predicted molar refractivity (Wildman–Crippen MR) is 96.9 cm³/mol. The molecule has 3 rings (SSSR count). The van der Waals surface area contributed by atoms with Crippen molar-refractivity contribution in [2.75, 3.05) is 26.7 Å². The summed E-state index contributed by atoms with van der Waals surface area (Å²) in [6, 6.07) is 6.83. The number of hydrogen-bond acceptors (Lipinski definition) is 5. The van der Waals surface area contributed by atoms with Crippen LogP contribution < -0.4 is 5.32 Å². The zero-order chi connectivity index (χ0) is 19.2. The van der Waals surface area contributed by atoms with Gasteiger partial charge < -0.3 is 23.9 Å². The largest absolute Gasteiger partial charge is 0.464 e. The maximum atomic E-state index is 12.4. The van der Waals surface area contributed by atoms with Crippen molar-refractivity contribution in [1.82, 2.24) is 14.8 Å². The molecule has 1 saturated heterocycles. The van der Waals surface area contributed by atoms with Crippen molar-refractivity contribution < 1.29 is 23.5 Å². The Kier molecular flexibility index (Phi) is 5.95. The third-order valence-corrected chi connectivity index (χ3v) is 4.55. The van der Waals surface area contributed by atoms with Crippen molar-refractivity contribution in [3.05, 3.63) is 36.2 Å². The summed E-state index contributed by atoms with van der Waals surface area (Å²) < 4.78 is 11.8. The number of nitrogens with one attached hydrogen (secondary N) is 1. The summed E-state index contributed by atoms with van der Waals surface area (Å²) in [4.78, 5) is 37.8. The SMILES string of the molecule is COC(=O)c1ccc(-c2ccco2)n1CC(=O)NCCCN1CCCC1=O. The van der Waals surface area contributed by atoms with Crippen molar-refractivity contribution in [1.29, 1.82) is 0 Å². The first-order valence-electron chi connectivity index (χ1n) is 8.96. The number of rotatable bonds is 8. The highest BCUT2D eigenvalue weighted by atomic mass is 16.5. The Bertz CT molecular complexity index is 809. The van der Waals surface area contributed by atoms with Gasteiger partial charge in [0.2, 0.25) is 11.8 Å². The summed E-state index contributed by atoms with van der Waals surface area (Å²) in [6.07, 6.45) is 3.75. The molecule has 1 aliphatic heterocycles. The van der Waals surface area contributed by atoms with E-state index in [4.69, 9.17) is 9.15 Å². The summed E-state index contributed by atoms with van der Waals surface area (Å²) in [5.41, 5.74) is 0.903. The van der Waals surface area contributed by atoms with Gasteiger partial charge in [0.1, 0.15) is 18.0 Å². The van der Waals surface area contributed by atoms with Gasteiger partial charge in [-0.2, -0.15) is 0 Å². The van der Waals surface area contributed by atoms with Crippen molar-refractivity contribution >= 4 is 17.8 Å². The van der Waals surface area contributed by atoms with Crippen LogP contribution in [0.2, 0.25) is 0 Å². The van der Waals surface area contributed by atoms with E-state index in [9.17, 15) is 14.4 Å². The number of methoxy groups -OCH3 is 1. The van der Waals surface area contributed by atoms with Gasteiger partial charge in [0, 0.05) is 26.1 Å². The first-order valence-corrected chi connectivity index (χ1v) is 8.96. The molecule has 2 aromatic heterocycles. The number of nitrogens with zero attached hydrogens (tertiary/aromatic N) is 2. The Hall–Kier alpha value is -3.03. The predicted octanol–water partition coefficient (Wildman–Crippen LogP) is 1.66. The minimum Gasteiger partial charge on any atom is -0.464 e. The van der Waals surface area contributed by atoms with Crippen LogP contribution in [0.1, 0.15) is 29.8 Å². The number of carbonyl (C=O) groups excluding carboxylic acids is 3. The molecule has 3 heterocycles. The summed E-state index contributed by atoms with van der Waals surface area (Å²) >= 11 is 0. The van der Waals surface area contributed by atoms with Gasteiger partial charge in [-0.3, -0.25) is 9.59 Å². The standard InChI is InChI=1S/C19H23N3O5/c1-26-19(25)15-8-7-14(16-5-3-12-27-16)22(15)13-17(23)20-9-4-11-21-10-2-6-18(21)24/h3,5,7-8,12H,2,4,6,9-11,13H2,1H3,(H,20,23). The van der Waals surface area contributed by atoms with Gasteiger partial charge in [0.15, 0.2) is 0 Å². The highest BCUT2D eigenvalue weighted by Gasteiger charge is 2.21.